The van der Waals surface area contributed by atoms with E-state index >= 15 is 0 Å². The second-order valence-corrected chi connectivity index (χ2v) is 9.28. The van der Waals surface area contributed by atoms with Gasteiger partial charge in [-0.05, 0) is 24.1 Å². The van der Waals surface area contributed by atoms with Crippen molar-refractivity contribution in [3.63, 3.8) is 0 Å². The minimum absolute atomic E-state index is 0.0222. The van der Waals surface area contributed by atoms with Gasteiger partial charge < -0.3 is 5.11 Å². The highest BCUT2D eigenvalue weighted by Crippen LogP contribution is 2.32. The zero-order valence-corrected chi connectivity index (χ0v) is 16.3. The molecule has 0 aliphatic carbocycles. The molecule has 0 saturated carbocycles. The maximum absolute atomic E-state index is 11.5. The molecular weight excluding hydrogens is 336 g/mol. The van der Waals surface area contributed by atoms with Crippen LogP contribution < -0.4 is 0 Å². The van der Waals surface area contributed by atoms with Crippen LogP contribution in [0.3, 0.4) is 0 Å². The van der Waals surface area contributed by atoms with Gasteiger partial charge >= 0.3 is 5.97 Å². The van der Waals surface area contributed by atoms with E-state index in [4.69, 9.17) is 5.11 Å². The molecule has 0 spiro atoms. The summed E-state index contributed by atoms with van der Waals surface area (Å²) < 4.78 is 0.0222. The number of aliphatic carboxylic acids is 1. The number of carbonyl (C=O) groups is 2. The van der Waals surface area contributed by atoms with Crippen molar-refractivity contribution in [3.8, 4) is 0 Å². The summed E-state index contributed by atoms with van der Waals surface area (Å²) in [7, 11) is 2.18. The molecular formula is C16H30O3S3. The Morgan fingerprint density at radius 1 is 0.909 bits per heavy atom. The maximum Gasteiger partial charge on any atom is 0.317 e. The lowest BCUT2D eigenvalue weighted by atomic mass is 10.1. The van der Waals surface area contributed by atoms with Crippen molar-refractivity contribution in [2.45, 2.75) is 83.3 Å². The number of rotatable bonds is 14. The highest BCUT2D eigenvalue weighted by atomic mass is 33.1. The van der Waals surface area contributed by atoms with E-state index in [0.717, 1.165) is 33.8 Å². The Kier molecular flexibility index (Phi) is 16.2. The van der Waals surface area contributed by atoms with Gasteiger partial charge in [0.25, 0.3) is 4.45 Å². The minimum atomic E-state index is -0.870. The molecule has 130 valence electrons. The van der Waals surface area contributed by atoms with Crippen molar-refractivity contribution in [2.75, 3.05) is 5.75 Å². The quantitative estimate of drug-likeness (QED) is 0.275. The smallest absolute Gasteiger partial charge is 0.317 e. The molecule has 0 fully saturated rings. The first-order valence-electron chi connectivity index (χ1n) is 8.30. The van der Waals surface area contributed by atoms with Crippen LogP contribution in [0.4, 0.5) is 4.79 Å². The van der Waals surface area contributed by atoms with Crippen molar-refractivity contribution in [1.82, 2.24) is 0 Å². The second kappa shape index (κ2) is 16.1. The lowest BCUT2D eigenvalue weighted by molar-refractivity contribution is -0.136. The average molecular weight is 367 g/mol. The largest absolute Gasteiger partial charge is 0.480 e. The maximum atomic E-state index is 11.5. The number of hydrogen-bond donors (Lipinski definition) is 1. The first-order valence-corrected chi connectivity index (χ1v) is 11.5. The molecule has 1 unspecified atom stereocenters. The van der Waals surface area contributed by atoms with E-state index in [1.165, 1.54) is 69.5 Å². The predicted molar refractivity (Wildman–Crippen MR) is 102 cm³/mol. The van der Waals surface area contributed by atoms with Crippen LogP contribution in [0.5, 0.6) is 0 Å². The molecule has 0 aliphatic rings. The Bertz CT molecular complexity index is 298. The number of carboxylic acid groups (broad SMARTS) is 1. The van der Waals surface area contributed by atoms with E-state index in [1.807, 2.05) is 0 Å². The van der Waals surface area contributed by atoms with Crippen LogP contribution in [0.2, 0.25) is 0 Å². The highest BCUT2D eigenvalue weighted by molar-refractivity contribution is 8.86. The third kappa shape index (κ3) is 15.1. The van der Waals surface area contributed by atoms with Crippen molar-refractivity contribution < 1.29 is 14.7 Å². The summed E-state index contributed by atoms with van der Waals surface area (Å²) in [6, 6.07) is 0. The van der Waals surface area contributed by atoms with Gasteiger partial charge in [-0.25, -0.2) is 0 Å². The molecule has 0 aliphatic heterocycles. The first kappa shape index (κ1) is 22.2. The Labute approximate surface area is 147 Å². The fraction of sp³-hybridized carbons (Fsp3) is 0.875. The van der Waals surface area contributed by atoms with Crippen molar-refractivity contribution >= 4 is 43.8 Å². The number of unbranched alkanes of at least 4 members (excludes halogenated alkanes) is 9. The minimum Gasteiger partial charge on any atom is -0.480 e. The first-order chi connectivity index (χ1) is 10.6. The van der Waals surface area contributed by atoms with Crippen molar-refractivity contribution in [1.29, 1.82) is 0 Å². The number of carboxylic acids is 1. The van der Waals surface area contributed by atoms with Gasteiger partial charge in [0.1, 0.15) is 5.25 Å². The fourth-order valence-electron chi connectivity index (χ4n) is 1.92. The van der Waals surface area contributed by atoms with Gasteiger partial charge in [0.2, 0.25) is 0 Å². The predicted octanol–water partition coefficient (Wildman–Crippen LogP) is 6.62. The molecule has 0 bridgehead atoms. The molecule has 0 radical (unpaired) electrons. The molecule has 1 atom stereocenters. The molecule has 3 nitrogen and oxygen atoms in total. The molecule has 22 heavy (non-hydrogen) atoms. The summed E-state index contributed by atoms with van der Waals surface area (Å²) in [5.41, 5.74) is 0. The summed E-state index contributed by atoms with van der Waals surface area (Å²) in [5, 5.41) is 8.18. The van der Waals surface area contributed by atoms with Crippen LogP contribution in [0.25, 0.3) is 0 Å². The van der Waals surface area contributed by atoms with Gasteiger partial charge in [0, 0.05) is 5.75 Å². The van der Waals surface area contributed by atoms with E-state index in [1.54, 1.807) is 6.92 Å². The number of thioether (sulfide) groups is 1. The van der Waals surface area contributed by atoms with E-state index < -0.39 is 11.2 Å². The van der Waals surface area contributed by atoms with E-state index in [9.17, 15) is 9.59 Å². The molecule has 0 rings (SSSR count). The lowest BCUT2D eigenvalue weighted by Crippen LogP contribution is -2.10. The highest BCUT2D eigenvalue weighted by Gasteiger charge is 2.14. The number of hydrogen-bond acceptors (Lipinski definition) is 5. The normalized spacial score (nSPS) is 12.3. The van der Waals surface area contributed by atoms with Crippen LogP contribution in [0, 0.1) is 0 Å². The van der Waals surface area contributed by atoms with Crippen molar-refractivity contribution in [2.24, 2.45) is 0 Å². The molecule has 0 aromatic carbocycles. The van der Waals surface area contributed by atoms with E-state index in [2.05, 4.69) is 6.92 Å². The summed E-state index contributed by atoms with van der Waals surface area (Å²) in [5.74, 6) is -0.0188. The molecule has 6 heteroatoms. The molecule has 1 N–H and O–H groups in total. The standard InChI is InChI=1S/C16H30O3S3/c1-3-4-5-6-7-8-9-10-11-12-13-20-16(19)22-21-14(2)15(17)18/h14H,3-13H2,1-2H3,(H,17,18). The van der Waals surface area contributed by atoms with Gasteiger partial charge in [0.15, 0.2) is 0 Å². The fourth-order valence-corrected chi connectivity index (χ4v) is 4.89. The van der Waals surface area contributed by atoms with Crippen LogP contribution in [0.15, 0.2) is 0 Å². The second-order valence-electron chi connectivity index (χ2n) is 5.44. The van der Waals surface area contributed by atoms with E-state index in [-0.39, 0.29) is 4.45 Å². The van der Waals surface area contributed by atoms with Crippen LogP contribution in [0.1, 0.15) is 78.1 Å². The van der Waals surface area contributed by atoms with Crippen molar-refractivity contribution in [3.05, 3.63) is 0 Å². The lowest BCUT2D eigenvalue weighted by Gasteiger charge is -2.04. The topological polar surface area (TPSA) is 54.4 Å². The van der Waals surface area contributed by atoms with E-state index in [0.29, 0.717) is 0 Å². The average Bonchev–Trinajstić information content (AvgIpc) is 2.50. The summed E-state index contributed by atoms with van der Waals surface area (Å²) >= 11 is 1.32. The summed E-state index contributed by atoms with van der Waals surface area (Å²) in [6.07, 6.45) is 13.0. The zero-order valence-electron chi connectivity index (χ0n) is 13.8. The Balaban J connectivity index is 3.25. The van der Waals surface area contributed by atoms with Gasteiger partial charge in [-0.1, -0.05) is 87.3 Å². The van der Waals surface area contributed by atoms with Gasteiger partial charge in [-0.3, -0.25) is 9.59 Å². The molecule has 0 amide bonds. The SMILES string of the molecule is CCCCCCCCCCCCSC(=O)SSC(C)C(=O)O. The third-order valence-corrected chi connectivity index (χ3v) is 7.31. The monoisotopic (exact) mass is 366 g/mol. The Hall–Kier alpha value is 0.190. The summed E-state index contributed by atoms with van der Waals surface area (Å²) in [4.78, 5) is 22.2. The Morgan fingerprint density at radius 3 is 1.91 bits per heavy atom. The Morgan fingerprint density at radius 2 is 1.41 bits per heavy atom. The van der Waals surface area contributed by atoms with Crippen LogP contribution in [-0.2, 0) is 4.79 Å². The molecule has 0 aromatic rings. The molecule has 0 saturated heterocycles. The van der Waals surface area contributed by atoms with Gasteiger partial charge in [0.05, 0.1) is 0 Å². The van der Waals surface area contributed by atoms with Crippen LogP contribution >= 0.6 is 33.3 Å². The van der Waals surface area contributed by atoms with Crippen LogP contribution in [-0.4, -0.2) is 26.5 Å². The van der Waals surface area contributed by atoms with Gasteiger partial charge in [-0.15, -0.1) is 0 Å². The molecule has 0 aromatic heterocycles. The molecule has 0 heterocycles. The zero-order chi connectivity index (χ0) is 16.6. The number of carbonyl (C=O) groups excluding carboxylic acids is 1. The summed E-state index contributed by atoms with van der Waals surface area (Å²) in [6.45, 7) is 3.84. The third-order valence-electron chi connectivity index (χ3n) is 3.33. The van der Waals surface area contributed by atoms with Gasteiger partial charge in [-0.2, -0.15) is 0 Å².